The van der Waals surface area contributed by atoms with E-state index in [4.69, 9.17) is 22.6 Å². The van der Waals surface area contributed by atoms with E-state index in [0.717, 1.165) is 0 Å². The summed E-state index contributed by atoms with van der Waals surface area (Å²) in [5, 5.41) is 8.90. The van der Waals surface area contributed by atoms with Gasteiger partial charge in [-0.15, -0.1) is 0 Å². The molecule has 0 atom stereocenters. The molecule has 15 heavy (non-hydrogen) atoms. The van der Waals surface area contributed by atoms with E-state index in [1.54, 1.807) is 6.07 Å². The number of halogens is 2. The van der Waals surface area contributed by atoms with Crippen molar-refractivity contribution >= 4 is 34.9 Å². The summed E-state index contributed by atoms with van der Waals surface area (Å²) in [4.78, 5) is -0.0863. The molecule has 0 saturated carbocycles. The fourth-order valence-corrected chi connectivity index (χ4v) is 1.27. The van der Waals surface area contributed by atoms with Gasteiger partial charge >= 0.3 is 0 Å². The Labute approximate surface area is 96.8 Å². The van der Waals surface area contributed by atoms with Gasteiger partial charge in [0.1, 0.15) is 16.9 Å². The zero-order valence-electron chi connectivity index (χ0n) is 7.50. The molecule has 1 aromatic rings. The second-order valence-electron chi connectivity index (χ2n) is 2.67. The molecule has 0 amide bonds. The lowest BCUT2D eigenvalue weighted by molar-refractivity contribution is 0.625. The molecule has 0 aliphatic carbocycles. The van der Waals surface area contributed by atoms with Crippen LogP contribution in [0, 0.1) is 17.1 Å². The highest BCUT2D eigenvalue weighted by atomic mass is 35.5. The summed E-state index contributed by atoms with van der Waals surface area (Å²) in [5.41, 5.74) is 5.41. The number of rotatable bonds is 2. The highest BCUT2D eigenvalue weighted by molar-refractivity contribution is 7.80. The van der Waals surface area contributed by atoms with E-state index in [9.17, 15) is 4.39 Å². The normalized spacial score (nSPS) is 10.9. The number of nitriles is 1. The van der Waals surface area contributed by atoms with Crippen LogP contribution in [-0.4, -0.2) is 4.99 Å². The number of nitrogens with two attached hydrogens (primary N) is 1. The van der Waals surface area contributed by atoms with Crippen LogP contribution >= 0.6 is 23.8 Å². The third kappa shape index (κ3) is 2.75. The Morgan fingerprint density at radius 1 is 1.60 bits per heavy atom. The minimum atomic E-state index is -0.522. The lowest BCUT2D eigenvalue weighted by Gasteiger charge is -2.00. The van der Waals surface area contributed by atoms with Gasteiger partial charge in [0.25, 0.3) is 0 Å². The van der Waals surface area contributed by atoms with Crippen molar-refractivity contribution in [3.63, 3.8) is 0 Å². The third-order valence-corrected chi connectivity index (χ3v) is 2.22. The van der Waals surface area contributed by atoms with Crippen LogP contribution in [-0.2, 0) is 0 Å². The maximum Gasteiger partial charge on any atom is 0.131 e. The second-order valence-corrected chi connectivity index (χ2v) is 3.52. The Hall–Kier alpha value is -1.44. The quantitative estimate of drug-likeness (QED) is 0.491. The largest absolute Gasteiger partial charge is 0.389 e. The van der Waals surface area contributed by atoms with Crippen molar-refractivity contribution < 1.29 is 4.39 Å². The summed E-state index contributed by atoms with van der Waals surface area (Å²) in [5.74, 6) is -0.522. The van der Waals surface area contributed by atoms with E-state index in [1.807, 2.05) is 0 Å². The fraction of sp³-hybridized carbons (Fsp3) is 0. The Morgan fingerprint density at radius 3 is 2.73 bits per heavy atom. The SMILES string of the molecule is N#CC(=Cc1c(F)cccc1Cl)C(N)=S. The molecule has 0 spiro atoms. The lowest BCUT2D eigenvalue weighted by Crippen LogP contribution is -2.09. The summed E-state index contributed by atoms with van der Waals surface area (Å²) in [7, 11) is 0. The number of hydrogen-bond acceptors (Lipinski definition) is 2. The van der Waals surface area contributed by atoms with Crippen molar-refractivity contribution in [3.8, 4) is 6.07 Å². The first-order valence-electron chi connectivity index (χ1n) is 3.92. The summed E-state index contributed by atoms with van der Waals surface area (Å²) in [6.45, 7) is 0. The van der Waals surface area contributed by atoms with E-state index in [-0.39, 0.29) is 21.1 Å². The van der Waals surface area contributed by atoms with Crippen molar-refractivity contribution in [2.45, 2.75) is 0 Å². The van der Waals surface area contributed by atoms with Crippen LogP contribution in [0.1, 0.15) is 5.56 Å². The third-order valence-electron chi connectivity index (χ3n) is 1.67. The second kappa shape index (κ2) is 4.87. The smallest absolute Gasteiger partial charge is 0.131 e. The number of benzene rings is 1. The number of thiocarbonyl (C=S) groups is 1. The van der Waals surface area contributed by atoms with Gasteiger partial charge in [-0.25, -0.2) is 4.39 Å². The van der Waals surface area contributed by atoms with Gasteiger partial charge in [0.2, 0.25) is 0 Å². The molecule has 0 heterocycles. The molecule has 0 saturated heterocycles. The first kappa shape index (κ1) is 11.6. The molecule has 0 fully saturated rings. The Bertz CT molecular complexity index is 457. The predicted octanol–water partition coefficient (Wildman–Crippen LogP) is 2.67. The monoisotopic (exact) mass is 240 g/mol. The van der Waals surface area contributed by atoms with E-state index >= 15 is 0 Å². The van der Waals surface area contributed by atoms with Gasteiger partial charge in [-0.05, 0) is 18.2 Å². The molecule has 0 aliphatic rings. The van der Waals surface area contributed by atoms with Gasteiger partial charge in [0.05, 0.1) is 10.6 Å². The van der Waals surface area contributed by atoms with Crippen LogP contribution in [0.15, 0.2) is 23.8 Å². The molecule has 1 aromatic carbocycles. The van der Waals surface area contributed by atoms with Gasteiger partial charge in [0.15, 0.2) is 0 Å². The van der Waals surface area contributed by atoms with Crippen molar-refractivity contribution in [1.82, 2.24) is 0 Å². The number of hydrogen-bond donors (Lipinski definition) is 1. The maximum atomic E-state index is 13.3. The van der Waals surface area contributed by atoms with Crippen LogP contribution in [0.25, 0.3) is 6.08 Å². The van der Waals surface area contributed by atoms with Gasteiger partial charge in [0, 0.05) is 5.56 Å². The van der Waals surface area contributed by atoms with E-state index in [2.05, 4.69) is 12.2 Å². The van der Waals surface area contributed by atoms with Crippen molar-refractivity contribution in [2.24, 2.45) is 5.73 Å². The molecule has 1 rings (SSSR count). The molecule has 0 unspecified atom stereocenters. The van der Waals surface area contributed by atoms with Gasteiger partial charge in [-0.1, -0.05) is 29.9 Å². The van der Waals surface area contributed by atoms with Crippen molar-refractivity contribution in [1.29, 1.82) is 5.26 Å². The van der Waals surface area contributed by atoms with Crippen LogP contribution in [0.2, 0.25) is 5.02 Å². The highest BCUT2D eigenvalue weighted by Gasteiger charge is 2.07. The summed E-state index contributed by atoms with van der Waals surface area (Å²) in [6.07, 6.45) is 1.24. The lowest BCUT2D eigenvalue weighted by atomic mass is 10.1. The van der Waals surface area contributed by atoms with Crippen LogP contribution in [0.5, 0.6) is 0 Å². The van der Waals surface area contributed by atoms with Gasteiger partial charge in [-0.3, -0.25) is 0 Å². The van der Waals surface area contributed by atoms with Crippen molar-refractivity contribution in [3.05, 3.63) is 40.2 Å². The van der Waals surface area contributed by atoms with E-state index in [0.29, 0.717) is 0 Å². The first-order chi connectivity index (χ1) is 7.06. The topological polar surface area (TPSA) is 49.8 Å². The summed E-state index contributed by atoms with van der Waals surface area (Å²) >= 11 is 10.4. The zero-order chi connectivity index (χ0) is 11.4. The molecule has 0 aromatic heterocycles. The first-order valence-corrected chi connectivity index (χ1v) is 4.70. The van der Waals surface area contributed by atoms with E-state index < -0.39 is 5.82 Å². The molecule has 0 radical (unpaired) electrons. The highest BCUT2D eigenvalue weighted by Crippen LogP contribution is 2.21. The molecule has 2 nitrogen and oxygen atoms in total. The maximum absolute atomic E-state index is 13.3. The Kier molecular flexibility index (Phi) is 3.78. The molecule has 0 aliphatic heterocycles. The number of nitrogens with zero attached hydrogens (tertiary/aromatic N) is 1. The van der Waals surface area contributed by atoms with Gasteiger partial charge in [-0.2, -0.15) is 5.26 Å². The minimum absolute atomic E-state index is 0.0250. The van der Waals surface area contributed by atoms with E-state index in [1.165, 1.54) is 24.3 Å². The van der Waals surface area contributed by atoms with Crippen molar-refractivity contribution in [2.75, 3.05) is 0 Å². The fourth-order valence-electron chi connectivity index (χ4n) is 0.951. The molecular formula is C10H6ClFN2S. The Morgan fingerprint density at radius 2 is 2.27 bits per heavy atom. The van der Waals surface area contributed by atoms with Crippen LogP contribution in [0.3, 0.4) is 0 Å². The standard InChI is InChI=1S/C10H6ClFN2S/c11-8-2-1-3-9(12)7(8)4-6(5-13)10(14)15/h1-4H,(H2,14,15). The zero-order valence-corrected chi connectivity index (χ0v) is 9.07. The summed E-state index contributed by atoms with van der Waals surface area (Å²) < 4.78 is 13.3. The average molecular weight is 241 g/mol. The van der Waals surface area contributed by atoms with Crippen LogP contribution in [0.4, 0.5) is 4.39 Å². The predicted molar refractivity (Wildman–Crippen MR) is 61.8 cm³/mol. The molecule has 2 N–H and O–H groups in total. The molecular weight excluding hydrogens is 235 g/mol. The van der Waals surface area contributed by atoms with Gasteiger partial charge < -0.3 is 5.73 Å². The van der Waals surface area contributed by atoms with Crippen LogP contribution < -0.4 is 5.73 Å². The molecule has 5 heteroatoms. The molecule has 0 bridgehead atoms. The Balaban J connectivity index is 3.30. The summed E-state index contributed by atoms with van der Waals surface area (Å²) in [6, 6.07) is 6.01. The minimum Gasteiger partial charge on any atom is -0.389 e. The average Bonchev–Trinajstić information content (AvgIpc) is 2.17. The molecule has 76 valence electrons.